The number of carbonyl (C=O) groups excluding carboxylic acids is 1. The highest BCUT2D eigenvalue weighted by molar-refractivity contribution is 5.83. The van der Waals surface area contributed by atoms with Gasteiger partial charge in [0.1, 0.15) is 0 Å². The summed E-state index contributed by atoms with van der Waals surface area (Å²) in [6.45, 7) is 3.93. The standard InChI is InChI=1S/C14H16N2O2/c1-2-16(14(17)13-9-18-13)8-10-3-4-12-11(7-10)5-6-15-12/h3-7,13,15H,2,8-9H2,1H3. The Labute approximate surface area is 106 Å². The van der Waals surface area contributed by atoms with Gasteiger partial charge in [-0.2, -0.15) is 0 Å². The summed E-state index contributed by atoms with van der Waals surface area (Å²) in [7, 11) is 0. The third-order valence-corrected chi connectivity index (χ3v) is 3.29. The van der Waals surface area contributed by atoms with E-state index in [9.17, 15) is 4.79 Å². The molecule has 0 radical (unpaired) electrons. The first-order valence-corrected chi connectivity index (χ1v) is 6.24. The lowest BCUT2D eigenvalue weighted by molar-refractivity contribution is -0.132. The molecule has 0 saturated carbocycles. The molecule has 3 rings (SSSR count). The predicted molar refractivity (Wildman–Crippen MR) is 69.1 cm³/mol. The molecule has 0 spiro atoms. The van der Waals surface area contributed by atoms with Gasteiger partial charge in [-0.15, -0.1) is 0 Å². The Hall–Kier alpha value is -1.81. The van der Waals surface area contributed by atoms with Crippen LogP contribution in [-0.4, -0.2) is 35.0 Å². The van der Waals surface area contributed by atoms with E-state index in [1.165, 1.54) is 5.39 Å². The molecule has 2 heterocycles. The molecule has 18 heavy (non-hydrogen) atoms. The molecule has 4 heteroatoms. The van der Waals surface area contributed by atoms with E-state index in [-0.39, 0.29) is 12.0 Å². The van der Waals surface area contributed by atoms with Crippen LogP contribution in [0.1, 0.15) is 12.5 Å². The highest BCUT2D eigenvalue weighted by atomic mass is 16.6. The van der Waals surface area contributed by atoms with Crippen molar-refractivity contribution in [3.05, 3.63) is 36.0 Å². The summed E-state index contributed by atoms with van der Waals surface area (Å²) in [6, 6.07) is 8.27. The number of aromatic amines is 1. The Morgan fingerprint density at radius 1 is 1.50 bits per heavy atom. The van der Waals surface area contributed by atoms with E-state index in [4.69, 9.17) is 4.74 Å². The number of nitrogens with zero attached hydrogens (tertiary/aromatic N) is 1. The van der Waals surface area contributed by atoms with E-state index in [1.807, 2.05) is 24.1 Å². The molecule has 1 aromatic carbocycles. The van der Waals surface area contributed by atoms with Gasteiger partial charge in [-0.3, -0.25) is 4.79 Å². The van der Waals surface area contributed by atoms with E-state index in [0.717, 1.165) is 11.1 Å². The maximum Gasteiger partial charge on any atom is 0.254 e. The molecule has 1 aliphatic heterocycles. The lowest BCUT2D eigenvalue weighted by atomic mass is 10.1. The number of aromatic nitrogens is 1. The molecule has 0 bridgehead atoms. The van der Waals surface area contributed by atoms with Gasteiger partial charge < -0.3 is 14.6 Å². The molecular weight excluding hydrogens is 228 g/mol. The molecule has 0 aliphatic carbocycles. The Morgan fingerprint density at radius 2 is 2.33 bits per heavy atom. The smallest absolute Gasteiger partial charge is 0.254 e. The minimum atomic E-state index is -0.194. The normalized spacial score (nSPS) is 17.9. The van der Waals surface area contributed by atoms with Gasteiger partial charge in [0.05, 0.1) is 6.61 Å². The van der Waals surface area contributed by atoms with E-state index >= 15 is 0 Å². The second kappa shape index (κ2) is 4.46. The zero-order valence-corrected chi connectivity index (χ0v) is 10.3. The molecule has 2 aromatic rings. The lowest BCUT2D eigenvalue weighted by Crippen LogP contribution is -2.33. The van der Waals surface area contributed by atoms with Gasteiger partial charge in [-0.05, 0) is 36.1 Å². The van der Waals surface area contributed by atoms with Crippen molar-refractivity contribution in [3.8, 4) is 0 Å². The Balaban J connectivity index is 1.78. The maximum absolute atomic E-state index is 11.9. The fraction of sp³-hybridized carbons (Fsp3) is 0.357. The molecule has 1 fully saturated rings. The van der Waals surface area contributed by atoms with Crippen molar-refractivity contribution in [1.29, 1.82) is 0 Å². The summed E-state index contributed by atoms with van der Waals surface area (Å²) in [5.41, 5.74) is 2.27. The molecule has 94 valence electrons. The van der Waals surface area contributed by atoms with Crippen LogP contribution in [0.25, 0.3) is 10.9 Å². The number of epoxide rings is 1. The van der Waals surface area contributed by atoms with E-state index in [2.05, 4.69) is 23.2 Å². The first kappa shape index (κ1) is 11.3. The Morgan fingerprint density at radius 3 is 3.06 bits per heavy atom. The zero-order chi connectivity index (χ0) is 12.5. The summed E-state index contributed by atoms with van der Waals surface area (Å²) >= 11 is 0. The molecular formula is C14H16N2O2. The van der Waals surface area contributed by atoms with Crippen LogP contribution in [0.3, 0.4) is 0 Å². The average Bonchev–Trinajstić information content (AvgIpc) is 3.13. The topological polar surface area (TPSA) is 48.6 Å². The van der Waals surface area contributed by atoms with Gasteiger partial charge in [0, 0.05) is 24.8 Å². The van der Waals surface area contributed by atoms with Crippen LogP contribution in [0.4, 0.5) is 0 Å². The van der Waals surface area contributed by atoms with Crippen LogP contribution >= 0.6 is 0 Å². The summed E-state index contributed by atoms with van der Waals surface area (Å²) in [4.78, 5) is 17.0. The Kier molecular flexibility index (Phi) is 2.80. The minimum Gasteiger partial charge on any atom is -0.363 e. The number of likely N-dealkylation sites (N-methyl/N-ethyl adjacent to an activating group) is 1. The second-order valence-corrected chi connectivity index (χ2v) is 4.57. The lowest BCUT2D eigenvalue weighted by Gasteiger charge is -2.20. The first-order chi connectivity index (χ1) is 8.78. The molecule has 1 saturated heterocycles. The quantitative estimate of drug-likeness (QED) is 0.835. The predicted octanol–water partition coefficient (Wildman–Crippen LogP) is 1.92. The third-order valence-electron chi connectivity index (χ3n) is 3.29. The number of rotatable bonds is 4. The number of fused-ring (bicyclic) bond motifs is 1. The van der Waals surface area contributed by atoms with Crippen LogP contribution in [-0.2, 0) is 16.1 Å². The molecule has 1 aromatic heterocycles. The van der Waals surface area contributed by atoms with Crippen molar-refractivity contribution in [2.24, 2.45) is 0 Å². The van der Waals surface area contributed by atoms with Crippen molar-refractivity contribution >= 4 is 16.8 Å². The highest BCUT2D eigenvalue weighted by Gasteiger charge is 2.34. The minimum absolute atomic E-state index is 0.103. The Bertz CT molecular complexity index is 572. The van der Waals surface area contributed by atoms with Crippen molar-refractivity contribution in [2.45, 2.75) is 19.6 Å². The second-order valence-electron chi connectivity index (χ2n) is 4.57. The van der Waals surface area contributed by atoms with E-state index < -0.39 is 0 Å². The molecule has 1 amide bonds. The van der Waals surface area contributed by atoms with Gasteiger partial charge in [0.2, 0.25) is 0 Å². The van der Waals surface area contributed by atoms with Crippen LogP contribution in [0, 0.1) is 0 Å². The van der Waals surface area contributed by atoms with Gasteiger partial charge in [0.25, 0.3) is 5.91 Å². The third kappa shape index (κ3) is 2.11. The molecule has 4 nitrogen and oxygen atoms in total. The van der Waals surface area contributed by atoms with Crippen LogP contribution in [0.2, 0.25) is 0 Å². The molecule has 1 unspecified atom stereocenters. The molecule has 1 N–H and O–H groups in total. The van der Waals surface area contributed by atoms with Crippen LogP contribution in [0.5, 0.6) is 0 Å². The maximum atomic E-state index is 11.9. The summed E-state index contributed by atoms with van der Waals surface area (Å²) in [6.07, 6.45) is 1.73. The largest absolute Gasteiger partial charge is 0.363 e. The van der Waals surface area contributed by atoms with Gasteiger partial charge >= 0.3 is 0 Å². The molecule has 1 atom stereocenters. The number of ether oxygens (including phenoxy) is 1. The van der Waals surface area contributed by atoms with Gasteiger partial charge in [-0.25, -0.2) is 0 Å². The molecule has 1 aliphatic rings. The fourth-order valence-electron chi connectivity index (χ4n) is 2.16. The SMILES string of the molecule is CCN(Cc1ccc2[nH]ccc2c1)C(=O)C1CO1. The number of benzene rings is 1. The number of H-pyrrole nitrogens is 1. The first-order valence-electron chi connectivity index (χ1n) is 6.24. The number of nitrogens with one attached hydrogen (secondary N) is 1. The summed E-state index contributed by atoms with van der Waals surface area (Å²) in [5, 5.41) is 1.18. The van der Waals surface area contributed by atoms with Crippen molar-refractivity contribution < 1.29 is 9.53 Å². The number of hydrogen-bond acceptors (Lipinski definition) is 2. The summed E-state index contributed by atoms with van der Waals surface area (Å²) in [5.74, 6) is 0.103. The number of hydrogen-bond donors (Lipinski definition) is 1. The van der Waals surface area contributed by atoms with Crippen molar-refractivity contribution in [2.75, 3.05) is 13.2 Å². The van der Waals surface area contributed by atoms with E-state index in [1.54, 1.807) is 0 Å². The number of carbonyl (C=O) groups is 1. The van der Waals surface area contributed by atoms with Gasteiger partial charge in [-0.1, -0.05) is 6.07 Å². The summed E-state index contributed by atoms with van der Waals surface area (Å²) < 4.78 is 5.05. The van der Waals surface area contributed by atoms with Crippen LogP contribution in [0.15, 0.2) is 30.5 Å². The monoisotopic (exact) mass is 244 g/mol. The van der Waals surface area contributed by atoms with E-state index in [0.29, 0.717) is 19.7 Å². The highest BCUT2D eigenvalue weighted by Crippen LogP contribution is 2.18. The number of amides is 1. The average molecular weight is 244 g/mol. The zero-order valence-electron chi connectivity index (χ0n) is 10.3. The van der Waals surface area contributed by atoms with Crippen molar-refractivity contribution in [1.82, 2.24) is 9.88 Å². The van der Waals surface area contributed by atoms with Crippen molar-refractivity contribution in [3.63, 3.8) is 0 Å². The van der Waals surface area contributed by atoms with Gasteiger partial charge in [0.15, 0.2) is 6.10 Å². The fourth-order valence-corrected chi connectivity index (χ4v) is 2.16. The van der Waals surface area contributed by atoms with Crippen LogP contribution < -0.4 is 0 Å².